The predicted octanol–water partition coefficient (Wildman–Crippen LogP) is 4.16. The molecule has 1 aliphatic carbocycles. The van der Waals surface area contributed by atoms with Crippen LogP contribution in [0.2, 0.25) is 0 Å². The van der Waals surface area contributed by atoms with Crippen LogP contribution >= 0.6 is 7.77 Å². The summed E-state index contributed by atoms with van der Waals surface area (Å²) >= 11 is 0. The first-order chi connectivity index (χ1) is 10.3. The fourth-order valence-corrected chi connectivity index (χ4v) is 3.70. The van der Waals surface area contributed by atoms with Crippen molar-refractivity contribution in [3.8, 4) is 0 Å². The lowest BCUT2D eigenvalue weighted by Crippen LogP contribution is -2.04. The van der Waals surface area contributed by atoms with Crippen molar-refractivity contribution in [2.75, 3.05) is 0 Å². The van der Waals surface area contributed by atoms with Gasteiger partial charge in [-0.3, -0.25) is 0 Å². The summed E-state index contributed by atoms with van der Waals surface area (Å²) in [5.41, 5.74) is 3.56. The minimum Gasteiger partial charge on any atom is -0.630 e. The molecule has 104 valence electrons. The molecule has 1 unspecified atom stereocenters. The van der Waals surface area contributed by atoms with Crippen LogP contribution in [-0.2, 0) is 6.16 Å². The average molecular weight is 292 g/mol. The Labute approximate surface area is 126 Å². The zero-order valence-electron chi connectivity index (χ0n) is 11.8. The molecule has 0 saturated carbocycles. The highest BCUT2D eigenvalue weighted by molar-refractivity contribution is 7.51. The standard InChI is InChI=1S/C19H17OP/c20-21(15-16-7-3-1-4-8-16)19-13-11-18(12-14-19)17-9-5-2-6-10-17/h1-13H,14-15H2. The summed E-state index contributed by atoms with van der Waals surface area (Å²) in [6.45, 7) is 0. The van der Waals surface area contributed by atoms with Gasteiger partial charge in [-0.1, -0.05) is 72.8 Å². The monoisotopic (exact) mass is 292 g/mol. The molecule has 0 bridgehead atoms. The Bertz CT molecular complexity index is 697. The van der Waals surface area contributed by atoms with Crippen molar-refractivity contribution in [2.24, 2.45) is 0 Å². The second-order valence-electron chi connectivity index (χ2n) is 5.08. The van der Waals surface area contributed by atoms with Crippen molar-refractivity contribution >= 4 is 18.6 Å². The topological polar surface area (TPSA) is 23.1 Å². The van der Waals surface area contributed by atoms with E-state index >= 15 is 0 Å². The van der Waals surface area contributed by atoms with Crippen molar-refractivity contribution < 1.29 is 4.89 Å². The molecule has 0 spiro atoms. The van der Waals surface area contributed by atoms with Crippen molar-refractivity contribution in [1.29, 1.82) is 0 Å². The van der Waals surface area contributed by atoms with Crippen molar-refractivity contribution in [2.45, 2.75) is 12.6 Å². The van der Waals surface area contributed by atoms with Gasteiger partial charge in [0.25, 0.3) is 0 Å². The molecule has 1 aliphatic rings. The van der Waals surface area contributed by atoms with E-state index in [-0.39, 0.29) is 0 Å². The molecule has 3 rings (SSSR count). The lowest BCUT2D eigenvalue weighted by atomic mass is 10.00. The normalized spacial score (nSPS) is 16.5. The van der Waals surface area contributed by atoms with Gasteiger partial charge in [0, 0.05) is 6.42 Å². The maximum atomic E-state index is 12.4. The van der Waals surface area contributed by atoms with Crippen LogP contribution in [0.3, 0.4) is 0 Å². The van der Waals surface area contributed by atoms with E-state index < -0.39 is 7.77 Å². The van der Waals surface area contributed by atoms with Crippen LogP contribution in [0.1, 0.15) is 17.5 Å². The van der Waals surface area contributed by atoms with Gasteiger partial charge in [0.2, 0.25) is 0 Å². The van der Waals surface area contributed by atoms with Crippen LogP contribution in [0, 0.1) is 0 Å². The fourth-order valence-electron chi connectivity index (χ4n) is 2.42. The van der Waals surface area contributed by atoms with E-state index in [9.17, 15) is 4.89 Å². The summed E-state index contributed by atoms with van der Waals surface area (Å²) in [5.74, 6) is 0. The van der Waals surface area contributed by atoms with E-state index in [0.29, 0.717) is 6.16 Å². The zero-order valence-corrected chi connectivity index (χ0v) is 12.7. The molecule has 0 heterocycles. The van der Waals surface area contributed by atoms with E-state index in [1.807, 2.05) is 54.6 Å². The summed E-state index contributed by atoms with van der Waals surface area (Å²) in [7, 11) is -1.33. The Balaban J connectivity index is 1.74. The molecule has 2 heteroatoms. The summed E-state index contributed by atoms with van der Waals surface area (Å²) in [5, 5.41) is 1.04. The van der Waals surface area contributed by atoms with Crippen molar-refractivity contribution in [1.82, 2.24) is 0 Å². The molecule has 1 nitrogen and oxygen atoms in total. The third-order valence-corrected chi connectivity index (χ3v) is 5.21. The van der Waals surface area contributed by atoms with E-state index in [0.717, 1.165) is 17.3 Å². The van der Waals surface area contributed by atoms with Crippen LogP contribution in [0.25, 0.3) is 5.57 Å². The second kappa shape index (κ2) is 6.67. The largest absolute Gasteiger partial charge is 0.630 e. The first kappa shape index (κ1) is 14.0. The summed E-state index contributed by atoms with van der Waals surface area (Å²) in [6.07, 6.45) is 7.69. The van der Waals surface area contributed by atoms with Crippen molar-refractivity contribution in [3.05, 3.63) is 90.0 Å². The number of hydrogen-bond acceptors (Lipinski definition) is 1. The molecule has 0 saturated heterocycles. The molecule has 1 atom stereocenters. The zero-order chi connectivity index (χ0) is 14.5. The third-order valence-electron chi connectivity index (χ3n) is 3.58. The molecular weight excluding hydrogens is 275 g/mol. The second-order valence-corrected chi connectivity index (χ2v) is 6.72. The molecule has 0 amide bonds. The highest BCUT2D eigenvalue weighted by atomic mass is 31.1. The first-order valence-corrected chi connectivity index (χ1v) is 8.55. The summed E-state index contributed by atoms with van der Waals surface area (Å²) < 4.78 is 0. The SMILES string of the molecule is [O-][P+](Cc1ccccc1)=C1C=CC(c2ccccc2)=CC1. The van der Waals surface area contributed by atoms with Crippen LogP contribution in [-0.4, -0.2) is 5.29 Å². The molecule has 0 aromatic heterocycles. The Hall–Kier alpha value is -1.95. The maximum Gasteiger partial charge on any atom is 0.128 e. The van der Waals surface area contributed by atoms with E-state index in [4.69, 9.17) is 0 Å². The average Bonchev–Trinajstić information content (AvgIpc) is 2.57. The van der Waals surface area contributed by atoms with Gasteiger partial charge in [-0.05, 0) is 22.8 Å². The Morgan fingerprint density at radius 3 is 2.14 bits per heavy atom. The van der Waals surface area contributed by atoms with Crippen molar-refractivity contribution in [3.63, 3.8) is 0 Å². The van der Waals surface area contributed by atoms with Gasteiger partial charge < -0.3 is 4.89 Å². The molecule has 0 aliphatic heterocycles. The Morgan fingerprint density at radius 2 is 1.52 bits per heavy atom. The van der Waals surface area contributed by atoms with E-state index in [2.05, 4.69) is 24.3 Å². The fraction of sp³-hybridized carbons (Fsp3) is 0.105. The van der Waals surface area contributed by atoms with Gasteiger partial charge in [-0.2, -0.15) is 0 Å². The molecule has 0 N–H and O–H groups in total. The lowest BCUT2D eigenvalue weighted by molar-refractivity contribution is -0.153. The molecule has 21 heavy (non-hydrogen) atoms. The molecular formula is C19H17OP. The number of rotatable bonds is 3. The highest BCUT2D eigenvalue weighted by Gasteiger charge is 2.11. The predicted molar refractivity (Wildman–Crippen MR) is 90.2 cm³/mol. The quantitative estimate of drug-likeness (QED) is 0.779. The molecule has 0 radical (unpaired) electrons. The van der Waals surface area contributed by atoms with Crippen LogP contribution in [0.15, 0.2) is 78.9 Å². The van der Waals surface area contributed by atoms with Crippen LogP contribution in [0.4, 0.5) is 0 Å². The van der Waals surface area contributed by atoms with E-state index in [1.54, 1.807) is 0 Å². The van der Waals surface area contributed by atoms with E-state index in [1.165, 1.54) is 11.1 Å². The molecule has 0 fully saturated rings. The van der Waals surface area contributed by atoms with Gasteiger partial charge >= 0.3 is 0 Å². The van der Waals surface area contributed by atoms with Gasteiger partial charge in [0.05, 0.1) is 7.77 Å². The Kier molecular flexibility index (Phi) is 4.45. The van der Waals surface area contributed by atoms with Gasteiger partial charge in [0.15, 0.2) is 0 Å². The first-order valence-electron chi connectivity index (χ1n) is 7.11. The number of allylic oxidation sites excluding steroid dienone is 4. The summed E-state index contributed by atoms with van der Waals surface area (Å²) in [4.78, 5) is 12.4. The van der Waals surface area contributed by atoms with Crippen LogP contribution in [0.5, 0.6) is 0 Å². The minimum absolute atomic E-state index is 0.629. The number of benzene rings is 2. The lowest BCUT2D eigenvalue weighted by Gasteiger charge is -2.10. The maximum absolute atomic E-state index is 12.4. The molecule has 2 aromatic rings. The number of hydrogen-bond donors (Lipinski definition) is 0. The van der Waals surface area contributed by atoms with Gasteiger partial charge in [0.1, 0.15) is 11.5 Å². The smallest absolute Gasteiger partial charge is 0.128 e. The Morgan fingerprint density at radius 1 is 0.857 bits per heavy atom. The van der Waals surface area contributed by atoms with Gasteiger partial charge in [-0.25, -0.2) is 0 Å². The summed E-state index contributed by atoms with van der Waals surface area (Å²) in [6, 6.07) is 20.3. The third kappa shape index (κ3) is 3.58. The minimum atomic E-state index is -1.33. The molecule has 2 aromatic carbocycles. The van der Waals surface area contributed by atoms with Gasteiger partial charge in [-0.15, -0.1) is 0 Å². The van der Waals surface area contributed by atoms with Crippen LogP contribution < -0.4 is 4.89 Å². The highest BCUT2D eigenvalue weighted by Crippen LogP contribution is 2.28.